The molecule has 2 aliphatic rings. The second kappa shape index (κ2) is 4.91. The molecule has 3 heteroatoms. The Kier molecular flexibility index (Phi) is 3.30. The number of halogens is 1. The Morgan fingerprint density at radius 2 is 2.29 bits per heavy atom. The molecular formula is C14H17BrN2. The Balaban J connectivity index is 1.82. The molecule has 0 saturated carbocycles. The first-order chi connectivity index (χ1) is 8.33. The van der Waals surface area contributed by atoms with E-state index in [9.17, 15) is 0 Å². The van der Waals surface area contributed by atoms with Gasteiger partial charge in [-0.2, -0.15) is 0 Å². The van der Waals surface area contributed by atoms with E-state index in [4.69, 9.17) is 0 Å². The molecule has 17 heavy (non-hydrogen) atoms. The van der Waals surface area contributed by atoms with Gasteiger partial charge in [-0.1, -0.05) is 6.08 Å². The lowest BCUT2D eigenvalue weighted by atomic mass is 9.78. The molecule has 0 aromatic carbocycles. The number of rotatable bonds is 1. The lowest BCUT2D eigenvalue weighted by molar-refractivity contribution is 0.278. The molecule has 2 nitrogen and oxygen atoms in total. The summed E-state index contributed by atoms with van der Waals surface area (Å²) in [5, 5.41) is 3.66. The number of hydrogen-bond donors (Lipinski definition) is 1. The minimum Gasteiger partial charge on any atom is -0.313 e. The highest BCUT2D eigenvalue weighted by atomic mass is 79.9. The minimum absolute atomic E-state index is 0.683. The van der Waals surface area contributed by atoms with Crippen LogP contribution in [0, 0.1) is 5.92 Å². The molecular weight excluding hydrogens is 276 g/mol. The third kappa shape index (κ3) is 2.45. The summed E-state index contributed by atoms with van der Waals surface area (Å²) >= 11 is 3.49. The third-order valence-electron chi connectivity index (χ3n) is 3.91. The zero-order chi connectivity index (χ0) is 11.7. The lowest BCUT2D eigenvalue weighted by Crippen LogP contribution is -2.42. The number of fused-ring (bicyclic) bond motifs is 1. The summed E-state index contributed by atoms with van der Waals surface area (Å²) in [4.78, 5) is 4.26. The summed E-state index contributed by atoms with van der Waals surface area (Å²) < 4.78 is 1.06. The van der Waals surface area contributed by atoms with E-state index in [1.807, 2.05) is 12.4 Å². The molecule has 0 radical (unpaired) electrons. The Hall–Kier alpha value is -0.670. The van der Waals surface area contributed by atoms with Gasteiger partial charge in [0.15, 0.2) is 0 Å². The fraction of sp³-hybridized carbons (Fsp3) is 0.500. The predicted octanol–water partition coefficient (Wildman–Crippen LogP) is 3.39. The van der Waals surface area contributed by atoms with Crippen molar-refractivity contribution in [2.75, 3.05) is 6.54 Å². The summed E-state index contributed by atoms with van der Waals surface area (Å²) in [6.07, 6.45) is 11.3. The largest absolute Gasteiger partial charge is 0.313 e. The summed E-state index contributed by atoms with van der Waals surface area (Å²) in [7, 11) is 0. The monoisotopic (exact) mass is 292 g/mol. The summed E-state index contributed by atoms with van der Waals surface area (Å²) in [5.74, 6) is 0.854. The van der Waals surface area contributed by atoms with Crippen LogP contribution in [-0.4, -0.2) is 17.6 Å². The zero-order valence-electron chi connectivity index (χ0n) is 9.82. The quantitative estimate of drug-likeness (QED) is 0.858. The van der Waals surface area contributed by atoms with Crippen LogP contribution >= 0.6 is 15.9 Å². The summed E-state index contributed by atoms with van der Waals surface area (Å²) in [5.41, 5.74) is 2.72. The number of nitrogens with zero attached hydrogens (tertiary/aromatic N) is 1. The van der Waals surface area contributed by atoms with Crippen LogP contribution in [0.15, 0.2) is 29.0 Å². The molecule has 1 fully saturated rings. The first-order valence-corrected chi connectivity index (χ1v) is 7.15. The number of pyridine rings is 1. The van der Waals surface area contributed by atoms with Crippen LogP contribution in [0.5, 0.6) is 0 Å². The molecule has 1 aromatic heterocycles. The average Bonchev–Trinajstić information content (AvgIpc) is 2.38. The van der Waals surface area contributed by atoms with Crippen molar-refractivity contribution >= 4 is 21.5 Å². The van der Waals surface area contributed by atoms with Crippen molar-refractivity contribution in [3.63, 3.8) is 0 Å². The molecule has 0 spiro atoms. The van der Waals surface area contributed by atoms with Gasteiger partial charge in [-0.3, -0.25) is 4.98 Å². The molecule has 2 atom stereocenters. The van der Waals surface area contributed by atoms with E-state index in [1.54, 1.807) is 0 Å². The van der Waals surface area contributed by atoms with Crippen molar-refractivity contribution in [2.45, 2.75) is 31.7 Å². The Morgan fingerprint density at radius 1 is 1.35 bits per heavy atom. The maximum absolute atomic E-state index is 4.26. The Bertz CT molecular complexity index is 442. The predicted molar refractivity (Wildman–Crippen MR) is 73.7 cm³/mol. The average molecular weight is 293 g/mol. The molecule has 0 bridgehead atoms. The van der Waals surface area contributed by atoms with E-state index < -0.39 is 0 Å². The van der Waals surface area contributed by atoms with Gasteiger partial charge in [0.25, 0.3) is 0 Å². The fourth-order valence-electron chi connectivity index (χ4n) is 2.98. The number of hydrogen-bond acceptors (Lipinski definition) is 2. The summed E-state index contributed by atoms with van der Waals surface area (Å²) in [6, 6.07) is 2.85. The molecule has 0 unspecified atom stereocenters. The highest BCUT2D eigenvalue weighted by Gasteiger charge is 2.28. The molecule has 1 aromatic rings. The maximum atomic E-state index is 4.26. The SMILES string of the molecule is Brc1cncc(C2=CC[C@H]3CCCN[C@H]3C2)c1. The van der Waals surface area contributed by atoms with Gasteiger partial charge in [-0.25, -0.2) is 0 Å². The first-order valence-electron chi connectivity index (χ1n) is 6.36. The van der Waals surface area contributed by atoms with Crippen LogP contribution in [0.1, 0.15) is 31.2 Å². The second-order valence-corrected chi connectivity index (χ2v) is 5.94. The number of piperidine rings is 1. The van der Waals surface area contributed by atoms with Crippen LogP contribution in [0.25, 0.3) is 5.57 Å². The van der Waals surface area contributed by atoms with E-state index in [-0.39, 0.29) is 0 Å². The number of aromatic nitrogens is 1. The smallest absolute Gasteiger partial charge is 0.0410 e. The number of nitrogens with one attached hydrogen (secondary N) is 1. The highest BCUT2D eigenvalue weighted by Crippen LogP contribution is 2.34. The Morgan fingerprint density at radius 3 is 3.18 bits per heavy atom. The zero-order valence-corrected chi connectivity index (χ0v) is 11.4. The van der Waals surface area contributed by atoms with Gasteiger partial charge in [0.2, 0.25) is 0 Å². The molecule has 1 saturated heterocycles. The van der Waals surface area contributed by atoms with Gasteiger partial charge in [-0.15, -0.1) is 0 Å². The van der Waals surface area contributed by atoms with Gasteiger partial charge in [0.1, 0.15) is 0 Å². The van der Waals surface area contributed by atoms with Crippen LogP contribution < -0.4 is 5.32 Å². The molecule has 3 rings (SSSR count). The van der Waals surface area contributed by atoms with Crippen molar-refractivity contribution in [3.8, 4) is 0 Å². The van der Waals surface area contributed by atoms with Crippen molar-refractivity contribution in [2.24, 2.45) is 5.92 Å². The van der Waals surface area contributed by atoms with E-state index in [0.29, 0.717) is 6.04 Å². The first kappa shape index (κ1) is 11.4. The molecule has 1 N–H and O–H groups in total. The topological polar surface area (TPSA) is 24.9 Å². The normalized spacial score (nSPS) is 28.4. The second-order valence-electron chi connectivity index (χ2n) is 5.02. The lowest BCUT2D eigenvalue weighted by Gasteiger charge is -2.36. The van der Waals surface area contributed by atoms with Gasteiger partial charge < -0.3 is 5.32 Å². The van der Waals surface area contributed by atoms with Crippen LogP contribution in [0.2, 0.25) is 0 Å². The standard InChI is InChI=1S/C14H17BrN2/c15-13-6-12(8-16-9-13)11-4-3-10-2-1-5-17-14(10)7-11/h4,6,8-10,14,17H,1-3,5,7H2/t10-,14+/m1/s1. The molecule has 90 valence electrons. The van der Waals surface area contributed by atoms with Gasteiger partial charge in [0.05, 0.1) is 0 Å². The van der Waals surface area contributed by atoms with Crippen LogP contribution in [0.4, 0.5) is 0 Å². The van der Waals surface area contributed by atoms with Crippen LogP contribution in [0.3, 0.4) is 0 Å². The fourth-order valence-corrected chi connectivity index (χ4v) is 3.34. The molecule has 1 aliphatic carbocycles. The highest BCUT2D eigenvalue weighted by molar-refractivity contribution is 9.10. The van der Waals surface area contributed by atoms with Gasteiger partial charge >= 0.3 is 0 Å². The van der Waals surface area contributed by atoms with Crippen molar-refractivity contribution in [1.82, 2.24) is 10.3 Å². The van der Waals surface area contributed by atoms with Crippen LogP contribution in [-0.2, 0) is 0 Å². The Labute approximate surface area is 111 Å². The molecule has 0 amide bonds. The van der Waals surface area contributed by atoms with Gasteiger partial charge in [-0.05, 0) is 71.3 Å². The van der Waals surface area contributed by atoms with E-state index >= 15 is 0 Å². The van der Waals surface area contributed by atoms with Crippen molar-refractivity contribution < 1.29 is 0 Å². The van der Waals surface area contributed by atoms with Crippen molar-refractivity contribution in [3.05, 3.63) is 34.6 Å². The summed E-state index contributed by atoms with van der Waals surface area (Å²) in [6.45, 7) is 1.19. The van der Waals surface area contributed by atoms with E-state index in [2.05, 4.69) is 38.4 Å². The minimum atomic E-state index is 0.683. The van der Waals surface area contributed by atoms with Gasteiger partial charge in [0, 0.05) is 22.9 Å². The number of allylic oxidation sites excluding steroid dienone is 1. The van der Waals surface area contributed by atoms with E-state index in [0.717, 1.165) is 16.8 Å². The molecule has 1 aliphatic heterocycles. The third-order valence-corrected chi connectivity index (χ3v) is 4.34. The maximum Gasteiger partial charge on any atom is 0.0410 e. The molecule has 2 heterocycles. The van der Waals surface area contributed by atoms with Crippen molar-refractivity contribution in [1.29, 1.82) is 0 Å². The van der Waals surface area contributed by atoms with E-state index in [1.165, 1.54) is 36.9 Å².